The third-order valence-electron chi connectivity index (χ3n) is 5.23. The van der Waals surface area contributed by atoms with Crippen LogP contribution < -0.4 is 16.2 Å². The fraction of sp³-hybridized carbons (Fsp3) is 0.571. The fourth-order valence-corrected chi connectivity index (χ4v) is 3.18. The maximum atomic E-state index is 13.0. The Morgan fingerprint density at radius 2 is 1.91 bits per heavy atom. The van der Waals surface area contributed by atoms with Crippen molar-refractivity contribution in [1.29, 1.82) is 5.41 Å². The minimum Gasteiger partial charge on any atom is -0.481 e. The van der Waals surface area contributed by atoms with E-state index in [0.717, 1.165) is 4.57 Å². The molecule has 0 radical (unpaired) electrons. The summed E-state index contributed by atoms with van der Waals surface area (Å²) in [5, 5.41) is 33.9. The fourth-order valence-electron chi connectivity index (χ4n) is 3.18. The highest BCUT2D eigenvalue weighted by atomic mass is 16.4. The molecule has 188 valence electrons. The molecular formula is C21H33N7O6. The average molecular weight is 480 g/mol. The number of carboxylic acids is 1. The number of Topliss-reactive ketones (excluding diaryl/α,β-unsaturated/α-hetero) is 1. The van der Waals surface area contributed by atoms with Gasteiger partial charge in [0.2, 0.25) is 5.91 Å². The molecule has 0 aliphatic carbocycles. The summed E-state index contributed by atoms with van der Waals surface area (Å²) in [5.74, 6) is -2.47. The smallest absolute Gasteiger partial charge is 0.305 e. The van der Waals surface area contributed by atoms with E-state index in [1.807, 2.05) is 18.7 Å². The quantitative estimate of drug-likeness (QED) is 0.134. The second-order valence-electron chi connectivity index (χ2n) is 7.52. The molecular weight excluding hydrogens is 446 g/mol. The number of carbonyl (C=O) groups is 3. The van der Waals surface area contributed by atoms with Crippen molar-refractivity contribution in [2.75, 3.05) is 31.5 Å². The topological polar surface area (TPSA) is 190 Å². The first-order valence-corrected chi connectivity index (χ1v) is 10.9. The van der Waals surface area contributed by atoms with Gasteiger partial charge in [-0.25, -0.2) is 4.98 Å². The van der Waals surface area contributed by atoms with Crippen molar-refractivity contribution in [2.24, 2.45) is 5.16 Å². The number of nitrogens with one attached hydrogen (secondary N) is 3. The molecule has 13 nitrogen and oxygen atoms in total. The van der Waals surface area contributed by atoms with E-state index in [4.69, 9.17) is 10.6 Å². The first-order chi connectivity index (χ1) is 16.1. The summed E-state index contributed by atoms with van der Waals surface area (Å²) in [7, 11) is 0. The molecule has 0 bridgehead atoms. The Kier molecular flexibility index (Phi) is 11.6. The van der Waals surface area contributed by atoms with E-state index in [2.05, 4.69) is 20.8 Å². The summed E-state index contributed by atoms with van der Waals surface area (Å²) in [6, 6.07) is -2.27. The number of carboxylic acid groups (broad SMARTS) is 1. The highest BCUT2D eigenvalue weighted by Crippen LogP contribution is 2.11. The Morgan fingerprint density at radius 1 is 1.26 bits per heavy atom. The standard InChI is InChI=1S/C21H33N7O6/c1-5-16(20(32)25-14(10-18(30)31)17(29)12-27(6-2)7-3)28-9-8-23-19(21(28)33)24-11-15(26-34)13(4)22/h8-9,14,16,22,34H,5-7,10-12H2,1-4H3,(H,23,24)(H,25,32)(H,30,31)/b22-13?,26-15-. The van der Waals surface area contributed by atoms with E-state index < -0.39 is 41.7 Å². The van der Waals surface area contributed by atoms with Crippen molar-refractivity contribution in [3.05, 3.63) is 22.7 Å². The molecule has 0 saturated heterocycles. The molecule has 1 aromatic rings. The minimum absolute atomic E-state index is 0.00378. The van der Waals surface area contributed by atoms with Crippen molar-refractivity contribution in [3.63, 3.8) is 0 Å². The third-order valence-corrected chi connectivity index (χ3v) is 5.23. The minimum atomic E-state index is -1.24. The second kappa shape index (κ2) is 13.8. The summed E-state index contributed by atoms with van der Waals surface area (Å²) in [6.07, 6.45) is 2.22. The maximum absolute atomic E-state index is 13.0. The van der Waals surface area contributed by atoms with Gasteiger partial charge >= 0.3 is 5.97 Å². The van der Waals surface area contributed by atoms with Gasteiger partial charge in [0.1, 0.15) is 11.8 Å². The van der Waals surface area contributed by atoms with Gasteiger partial charge in [-0.3, -0.25) is 28.6 Å². The van der Waals surface area contributed by atoms with Crippen LogP contribution in [0.2, 0.25) is 0 Å². The van der Waals surface area contributed by atoms with Gasteiger partial charge < -0.3 is 26.4 Å². The SMILES string of the molecule is CCC(C(=O)NC(CC(=O)O)C(=O)CN(CC)CC)n1ccnc(NC/C(=N/O)C(C)=N)c1=O. The largest absolute Gasteiger partial charge is 0.481 e. The molecule has 5 N–H and O–H groups in total. The average Bonchev–Trinajstić information content (AvgIpc) is 2.79. The molecule has 1 rings (SSSR count). The van der Waals surface area contributed by atoms with E-state index >= 15 is 0 Å². The molecule has 2 atom stereocenters. The number of hydrogen-bond donors (Lipinski definition) is 5. The van der Waals surface area contributed by atoms with E-state index in [-0.39, 0.29) is 36.8 Å². The van der Waals surface area contributed by atoms with Crippen LogP contribution in [0.15, 0.2) is 22.3 Å². The number of rotatable bonds is 15. The molecule has 1 heterocycles. The summed E-state index contributed by atoms with van der Waals surface area (Å²) in [5.41, 5.74) is -0.644. The molecule has 0 aliphatic heterocycles. The van der Waals surface area contributed by atoms with Gasteiger partial charge in [-0.2, -0.15) is 0 Å². The highest BCUT2D eigenvalue weighted by molar-refractivity contribution is 6.41. The normalized spacial score (nSPS) is 13.3. The van der Waals surface area contributed by atoms with Crippen LogP contribution in [0.4, 0.5) is 5.82 Å². The van der Waals surface area contributed by atoms with Gasteiger partial charge in [-0.05, 0) is 26.4 Å². The second-order valence-corrected chi connectivity index (χ2v) is 7.52. The van der Waals surface area contributed by atoms with Gasteiger partial charge in [-0.15, -0.1) is 0 Å². The number of hydrogen-bond acceptors (Lipinski definition) is 10. The Morgan fingerprint density at radius 3 is 2.41 bits per heavy atom. The van der Waals surface area contributed by atoms with E-state index in [1.165, 1.54) is 19.3 Å². The lowest BCUT2D eigenvalue weighted by Crippen LogP contribution is -2.49. The summed E-state index contributed by atoms with van der Waals surface area (Å²) in [4.78, 5) is 55.6. The zero-order valence-corrected chi connectivity index (χ0v) is 19.9. The number of carbonyl (C=O) groups excluding carboxylic acids is 2. The number of likely N-dealkylation sites (N-methyl/N-ethyl adjacent to an activating group) is 1. The first-order valence-electron chi connectivity index (χ1n) is 10.9. The highest BCUT2D eigenvalue weighted by Gasteiger charge is 2.29. The molecule has 34 heavy (non-hydrogen) atoms. The van der Waals surface area contributed by atoms with Crippen LogP contribution in [-0.2, 0) is 14.4 Å². The lowest BCUT2D eigenvalue weighted by Gasteiger charge is -2.24. The molecule has 1 amide bonds. The maximum Gasteiger partial charge on any atom is 0.305 e. The van der Waals surface area contributed by atoms with Crippen molar-refractivity contribution >= 4 is 34.9 Å². The molecule has 2 unspecified atom stereocenters. The molecule has 0 aromatic carbocycles. The van der Waals surface area contributed by atoms with Crippen molar-refractivity contribution in [2.45, 2.75) is 52.6 Å². The molecule has 0 aliphatic rings. The van der Waals surface area contributed by atoms with Crippen LogP contribution in [0, 0.1) is 5.41 Å². The predicted octanol–water partition coefficient (Wildman–Crippen LogP) is 0.347. The summed E-state index contributed by atoms with van der Waals surface area (Å²) < 4.78 is 1.13. The number of anilines is 1. The number of oxime groups is 1. The van der Waals surface area contributed by atoms with Gasteiger partial charge in [0.15, 0.2) is 11.6 Å². The Hall–Kier alpha value is -3.61. The number of nitrogens with zero attached hydrogens (tertiary/aromatic N) is 4. The Bertz CT molecular complexity index is 971. The van der Waals surface area contributed by atoms with Gasteiger partial charge in [-0.1, -0.05) is 25.9 Å². The van der Waals surface area contributed by atoms with Gasteiger partial charge in [0.05, 0.1) is 31.3 Å². The lowest BCUT2D eigenvalue weighted by molar-refractivity contribution is -0.140. The number of aliphatic carboxylic acids is 1. The summed E-state index contributed by atoms with van der Waals surface area (Å²) >= 11 is 0. The van der Waals surface area contributed by atoms with E-state index in [0.29, 0.717) is 13.1 Å². The van der Waals surface area contributed by atoms with Crippen LogP contribution in [0.5, 0.6) is 0 Å². The zero-order chi connectivity index (χ0) is 25.8. The van der Waals surface area contributed by atoms with Crippen LogP contribution in [0.25, 0.3) is 0 Å². The lowest BCUT2D eigenvalue weighted by atomic mass is 10.1. The van der Waals surface area contributed by atoms with E-state index in [1.54, 1.807) is 6.92 Å². The first kappa shape index (κ1) is 28.4. The molecule has 0 saturated carbocycles. The van der Waals surface area contributed by atoms with Crippen LogP contribution >= 0.6 is 0 Å². The number of amides is 1. The molecule has 1 aromatic heterocycles. The Balaban J connectivity index is 3.12. The third kappa shape index (κ3) is 8.06. The molecule has 0 fully saturated rings. The molecule has 0 spiro atoms. The zero-order valence-electron chi connectivity index (χ0n) is 19.9. The van der Waals surface area contributed by atoms with Crippen LogP contribution in [0.3, 0.4) is 0 Å². The monoisotopic (exact) mass is 479 g/mol. The van der Waals surface area contributed by atoms with Crippen molar-refractivity contribution < 1.29 is 24.7 Å². The van der Waals surface area contributed by atoms with E-state index in [9.17, 15) is 24.3 Å². The summed E-state index contributed by atoms with van der Waals surface area (Å²) in [6.45, 7) is 7.87. The van der Waals surface area contributed by atoms with Crippen LogP contribution in [0.1, 0.15) is 46.6 Å². The van der Waals surface area contributed by atoms with Crippen molar-refractivity contribution in [1.82, 2.24) is 19.8 Å². The number of aromatic nitrogens is 2. The molecule has 13 heteroatoms. The van der Waals surface area contributed by atoms with Crippen LogP contribution in [-0.4, -0.2) is 86.1 Å². The van der Waals surface area contributed by atoms with Crippen molar-refractivity contribution in [3.8, 4) is 0 Å². The van der Waals surface area contributed by atoms with Gasteiger partial charge in [0, 0.05) is 12.4 Å². The van der Waals surface area contributed by atoms with Gasteiger partial charge in [0.25, 0.3) is 5.56 Å². The number of ketones is 1. The predicted molar refractivity (Wildman–Crippen MR) is 126 cm³/mol. The Labute approximate surface area is 197 Å².